The predicted molar refractivity (Wildman–Crippen MR) is 417 cm³/mol. The van der Waals surface area contributed by atoms with Gasteiger partial charge in [-0.3, -0.25) is 76.7 Å². The number of phenols is 5. The molecule has 636 valence electrons. The average molecular weight is 1650 g/mol. The van der Waals surface area contributed by atoms with Crippen LogP contribution in [0.1, 0.15) is 118 Å². The lowest BCUT2D eigenvalue weighted by molar-refractivity contribution is -0.142. The van der Waals surface area contributed by atoms with Gasteiger partial charge in [-0.15, -0.1) is 0 Å². The van der Waals surface area contributed by atoms with Crippen molar-refractivity contribution in [3.05, 3.63) is 149 Å². The largest absolute Gasteiger partial charge is 0.508 e. The number of hydrogen-bond donors (Lipinski definition) is 23. The summed E-state index contributed by atoms with van der Waals surface area (Å²) in [6.07, 6.45) is -7.92. The van der Waals surface area contributed by atoms with E-state index < -0.39 is 250 Å². The zero-order valence-electron chi connectivity index (χ0n) is 64.3. The molecule has 0 aliphatic heterocycles. The number of nitrogens with two attached hydrogens (primary N) is 5. The molecule has 40 nitrogen and oxygen atoms in total. The maximum absolute atomic E-state index is 15.0. The highest BCUT2D eigenvalue weighted by molar-refractivity contribution is 6.00. The van der Waals surface area contributed by atoms with E-state index in [0.29, 0.717) is 11.1 Å². The van der Waals surface area contributed by atoms with Crippen molar-refractivity contribution in [2.75, 3.05) is 6.54 Å². The molecule has 0 spiro atoms. The lowest BCUT2D eigenvalue weighted by Crippen LogP contribution is -2.61. The van der Waals surface area contributed by atoms with Crippen LogP contribution in [0.5, 0.6) is 28.7 Å². The van der Waals surface area contributed by atoms with Crippen LogP contribution in [0.4, 0.5) is 0 Å². The minimum absolute atomic E-state index is 0.0922. The van der Waals surface area contributed by atoms with Gasteiger partial charge in [0.2, 0.25) is 88.6 Å². The fourth-order valence-corrected chi connectivity index (χ4v) is 11.9. The van der Waals surface area contributed by atoms with Crippen LogP contribution in [0, 0.1) is 0 Å². The molecule has 0 saturated carbocycles. The van der Waals surface area contributed by atoms with Crippen LogP contribution in [0.3, 0.4) is 0 Å². The molecular weight excluding hydrogens is 1540 g/mol. The Labute approximate surface area is 675 Å². The van der Waals surface area contributed by atoms with Gasteiger partial charge in [-0.05, 0) is 146 Å². The highest BCUT2D eigenvalue weighted by atomic mass is 16.4. The SMILES string of the molecule is CC(=O)N[C@@H](Cc1ccc(O)cc1)C(=O)N[C@@H](CCC(N)=O)C(=O)N[C@@H](CCCCN)C(=O)N[C@@H](Cc1ccc(O)cc1)C(=O)N[C@@H](CCC(N)=O)C(=O)N[C@@H](Cc1ccc(O)cc1)C(=O)N[C@@H](CCC(N)=O)C(=O)N[C@@H](Cc1ccc(O)cc1)C(=O)N[C@@H](CCC(=O)O)C(=O)N[C@@H](CCC(N)=O)C(=O)N[C@@H](Cc1ccc(O)cc1)C(=O)O. The zero-order valence-corrected chi connectivity index (χ0v) is 64.3. The van der Waals surface area contributed by atoms with E-state index >= 15 is 4.79 Å². The number of carboxylic acids is 2. The first-order valence-electron chi connectivity index (χ1n) is 37.3. The predicted octanol–water partition coefficient (Wildman–Crippen LogP) is -3.78. The van der Waals surface area contributed by atoms with E-state index in [4.69, 9.17) is 28.7 Å². The molecule has 5 aromatic rings. The summed E-state index contributed by atoms with van der Waals surface area (Å²) in [7, 11) is 0. The number of phenolic OH excluding ortho intramolecular Hbond substituents is 5. The van der Waals surface area contributed by atoms with E-state index in [-0.39, 0.29) is 84.1 Å². The molecule has 0 radical (unpaired) electrons. The van der Waals surface area contributed by atoms with Gasteiger partial charge in [-0.25, -0.2) is 4.79 Å². The third-order valence-electron chi connectivity index (χ3n) is 18.2. The van der Waals surface area contributed by atoms with Gasteiger partial charge in [-0.2, -0.15) is 0 Å². The quantitative estimate of drug-likeness (QED) is 0.0166. The molecular formula is C78H100N16O24. The van der Waals surface area contributed by atoms with Crippen molar-refractivity contribution in [1.29, 1.82) is 0 Å². The molecule has 0 aliphatic rings. The molecule has 11 atom stereocenters. The molecule has 0 heterocycles. The number of carbonyl (C=O) groups excluding carboxylic acids is 15. The number of benzene rings is 5. The van der Waals surface area contributed by atoms with Gasteiger partial charge in [0.1, 0.15) is 95.2 Å². The number of nitrogens with one attached hydrogen (secondary N) is 11. The molecule has 0 aliphatic carbocycles. The van der Waals surface area contributed by atoms with E-state index in [1.807, 2.05) is 0 Å². The van der Waals surface area contributed by atoms with Gasteiger partial charge in [0, 0.05) is 71.1 Å². The molecule has 0 fully saturated rings. The van der Waals surface area contributed by atoms with Crippen LogP contribution in [0.25, 0.3) is 0 Å². The van der Waals surface area contributed by atoms with E-state index in [0.717, 1.165) is 6.92 Å². The minimum atomic E-state index is -1.92. The van der Waals surface area contributed by atoms with Crippen molar-refractivity contribution in [3.8, 4) is 28.7 Å². The Morgan fingerprint density at radius 1 is 0.263 bits per heavy atom. The van der Waals surface area contributed by atoms with E-state index in [1.165, 1.54) is 121 Å². The third-order valence-corrected chi connectivity index (χ3v) is 18.2. The van der Waals surface area contributed by atoms with Gasteiger partial charge >= 0.3 is 11.9 Å². The number of rotatable bonds is 51. The topological polar surface area (TPSA) is 694 Å². The molecule has 28 N–H and O–H groups in total. The summed E-state index contributed by atoms with van der Waals surface area (Å²) in [6.45, 7) is 1.24. The number of carboxylic acid groups (broad SMARTS) is 2. The van der Waals surface area contributed by atoms with Gasteiger partial charge in [0.15, 0.2) is 0 Å². The summed E-state index contributed by atoms with van der Waals surface area (Å²) in [4.78, 5) is 232. The lowest BCUT2D eigenvalue weighted by atomic mass is 10.0. The maximum Gasteiger partial charge on any atom is 0.326 e. The summed E-state index contributed by atoms with van der Waals surface area (Å²) >= 11 is 0. The Balaban J connectivity index is 1.49. The third kappa shape index (κ3) is 34.4. The van der Waals surface area contributed by atoms with Crippen molar-refractivity contribution >= 4 is 101 Å². The smallest absolute Gasteiger partial charge is 0.326 e. The maximum atomic E-state index is 15.0. The van der Waals surface area contributed by atoms with E-state index in [2.05, 4.69) is 58.5 Å². The molecule has 5 rings (SSSR count). The van der Waals surface area contributed by atoms with Crippen molar-refractivity contribution < 1.29 is 117 Å². The Morgan fingerprint density at radius 2 is 0.449 bits per heavy atom. The molecule has 0 unspecified atom stereocenters. The number of unbranched alkanes of at least 4 members (excludes halogenated alkanes) is 1. The second kappa shape index (κ2) is 47.7. The normalized spacial score (nSPS) is 13.7. The Morgan fingerprint density at radius 3 is 0.653 bits per heavy atom. The molecule has 0 bridgehead atoms. The van der Waals surface area contributed by atoms with Gasteiger partial charge in [0.25, 0.3) is 0 Å². The molecule has 5 aromatic carbocycles. The van der Waals surface area contributed by atoms with Gasteiger partial charge < -0.3 is 123 Å². The van der Waals surface area contributed by atoms with Crippen molar-refractivity contribution in [2.24, 2.45) is 28.7 Å². The number of aromatic hydroxyl groups is 5. The standard InChI is InChI=1S/C78H100N16O24/c1-41(95)84-58(36-42-5-15-47(96)16-6-42)74(113)87-53(25-30-63(80)101)69(108)85-52(4-2-3-35-79)68(107)91-59(37-43-7-17-48(97)18-8-43)75(114)88-54(26-31-64(81)102)71(110)92-60(38-44-9-19-49(98)20-10-44)76(115)89-55(27-32-65(82)103)72(111)93-61(39-45-11-21-50(99)22-12-45)77(116)90-57(29-34-67(105)106)70(109)86-56(28-33-66(83)104)73(112)94-62(78(117)118)40-46-13-23-51(100)24-14-46/h5-24,52-62,96-100H,2-4,25-40,79H2,1H3,(H2,80,101)(H2,81,102)(H2,82,103)(H2,83,104)(H,84,95)(H,85,108)(H,86,109)(H,87,113)(H,88,114)(H,89,115)(H,90,116)(H,91,107)(H,92,110)(H,93,111)(H,94,112)(H,105,106)(H,117,118)/t52-,53-,54-,55-,56-,57-,58-,59-,60-,61-,62-/m0/s1. The van der Waals surface area contributed by atoms with Gasteiger partial charge in [0.05, 0.1) is 0 Å². The van der Waals surface area contributed by atoms with Crippen LogP contribution >= 0.6 is 0 Å². The van der Waals surface area contributed by atoms with Crippen LogP contribution < -0.4 is 87.2 Å². The fraction of sp³-hybridized carbons (Fsp3) is 0.397. The number of primary amides is 4. The Kier molecular flexibility index (Phi) is 38.2. The van der Waals surface area contributed by atoms with E-state index in [9.17, 15) is 112 Å². The Hall–Kier alpha value is -14.0. The second-order valence-corrected chi connectivity index (χ2v) is 27.8. The summed E-state index contributed by atoms with van der Waals surface area (Å²) in [5.74, 6) is -20.2. The highest BCUT2D eigenvalue weighted by Gasteiger charge is 2.38. The van der Waals surface area contributed by atoms with Crippen molar-refractivity contribution in [3.63, 3.8) is 0 Å². The summed E-state index contributed by atoms with van der Waals surface area (Å²) in [5.41, 5.74) is 29.3. The number of amides is 15. The molecule has 0 aromatic heterocycles. The molecule has 40 heteroatoms. The van der Waals surface area contributed by atoms with Crippen LogP contribution in [0.15, 0.2) is 121 Å². The fourth-order valence-electron chi connectivity index (χ4n) is 11.9. The lowest BCUT2D eigenvalue weighted by Gasteiger charge is -2.28. The van der Waals surface area contributed by atoms with Crippen molar-refractivity contribution in [2.45, 2.75) is 189 Å². The molecule has 15 amide bonds. The summed E-state index contributed by atoms with van der Waals surface area (Å²) in [5, 5.41) is 97.0. The first-order chi connectivity index (χ1) is 55.8. The average Bonchev–Trinajstić information content (AvgIpc) is 0.846. The monoisotopic (exact) mass is 1640 g/mol. The summed E-state index contributed by atoms with van der Waals surface area (Å²) < 4.78 is 0. The van der Waals surface area contributed by atoms with E-state index in [1.54, 1.807) is 0 Å². The number of carbonyl (C=O) groups is 17. The first kappa shape index (κ1) is 94.6. The number of aliphatic carboxylic acids is 2. The van der Waals surface area contributed by atoms with Crippen LogP contribution in [-0.4, -0.2) is 209 Å². The van der Waals surface area contributed by atoms with Gasteiger partial charge in [-0.1, -0.05) is 60.7 Å². The summed E-state index contributed by atoms with van der Waals surface area (Å²) in [6, 6.07) is 7.12. The number of hydrogen-bond acceptors (Lipinski definition) is 23. The van der Waals surface area contributed by atoms with Crippen LogP contribution in [0.2, 0.25) is 0 Å². The molecule has 0 saturated heterocycles. The Bertz CT molecular complexity index is 4350. The minimum Gasteiger partial charge on any atom is -0.508 e. The first-order valence-corrected chi connectivity index (χ1v) is 37.3. The second-order valence-electron chi connectivity index (χ2n) is 27.8. The molecule has 118 heavy (non-hydrogen) atoms. The highest BCUT2D eigenvalue weighted by Crippen LogP contribution is 2.20. The van der Waals surface area contributed by atoms with Crippen LogP contribution in [-0.2, 0) is 114 Å². The van der Waals surface area contributed by atoms with Crippen molar-refractivity contribution in [1.82, 2.24) is 58.5 Å². The zero-order chi connectivity index (χ0) is 87.3.